The van der Waals surface area contributed by atoms with Crippen molar-refractivity contribution in [3.8, 4) is 0 Å². The molecule has 0 fully saturated rings. The third kappa shape index (κ3) is 24.2. The van der Waals surface area contributed by atoms with Crippen molar-refractivity contribution < 1.29 is 17.5 Å². The quantitative estimate of drug-likeness (QED) is 0.288. The molecule has 0 aliphatic heterocycles. The SMILES string of the molecule is C=CCC(N)(CC=C)CC=C.C=CCC(N)(CC=C)CC=C.O=S(=O)(O)O. The Morgan fingerprint density at radius 2 is 0.704 bits per heavy atom. The van der Waals surface area contributed by atoms with Crippen LogP contribution in [0.25, 0.3) is 0 Å². The molecule has 0 amide bonds. The molecule has 27 heavy (non-hydrogen) atoms. The highest BCUT2D eigenvalue weighted by molar-refractivity contribution is 7.79. The first-order valence-electron chi connectivity index (χ1n) is 8.30. The standard InChI is InChI=1S/2C10H17N.H2O4S/c2*1-4-7-10(11,8-5-2)9-6-3;1-5(2,3)4/h2*4-6H,1-3,7-9,11H2;(H2,1,2,3,4). The molecule has 0 unspecified atom stereocenters. The third-order valence-electron chi connectivity index (χ3n) is 3.31. The molecule has 0 aromatic rings. The minimum Gasteiger partial charge on any atom is -0.324 e. The van der Waals surface area contributed by atoms with Crippen LogP contribution < -0.4 is 11.5 Å². The number of hydrogen-bond acceptors (Lipinski definition) is 4. The Morgan fingerprint density at radius 3 is 0.778 bits per heavy atom. The molecule has 156 valence electrons. The molecular formula is C20H36N2O4S. The van der Waals surface area contributed by atoms with Gasteiger partial charge in [-0.3, -0.25) is 9.11 Å². The van der Waals surface area contributed by atoms with E-state index in [1.807, 2.05) is 36.5 Å². The molecule has 0 bridgehead atoms. The molecule has 0 aliphatic carbocycles. The van der Waals surface area contributed by atoms with Gasteiger partial charge >= 0.3 is 10.4 Å². The zero-order valence-corrected chi connectivity index (χ0v) is 17.0. The van der Waals surface area contributed by atoms with Gasteiger partial charge in [0, 0.05) is 11.1 Å². The first-order valence-corrected chi connectivity index (χ1v) is 9.69. The van der Waals surface area contributed by atoms with E-state index in [0.717, 1.165) is 38.5 Å². The lowest BCUT2D eigenvalue weighted by Gasteiger charge is -2.25. The zero-order valence-electron chi connectivity index (χ0n) is 16.2. The smallest absolute Gasteiger partial charge is 0.324 e. The van der Waals surface area contributed by atoms with Crippen molar-refractivity contribution in [1.82, 2.24) is 0 Å². The van der Waals surface area contributed by atoms with Gasteiger partial charge in [0.15, 0.2) is 0 Å². The molecule has 0 aliphatic rings. The van der Waals surface area contributed by atoms with Gasteiger partial charge in [-0.05, 0) is 38.5 Å². The highest BCUT2D eigenvalue weighted by atomic mass is 32.3. The van der Waals surface area contributed by atoms with Crippen LogP contribution in [-0.2, 0) is 10.4 Å². The molecule has 0 aromatic heterocycles. The molecule has 0 aromatic carbocycles. The molecule has 6 N–H and O–H groups in total. The van der Waals surface area contributed by atoms with E-state index >= 15 is 0 Å². The average molecular weight is 401 g/mol. The van der Waals surface area contributed by atoms with Crippen LogP contribution >= 0.6 is 0 Å². The van der Waals surface area contributed by atoms with Gasteiger partial charge in [0.2, 0.25) is 0 Å². The summed E-state index contributed by atoms with van der Waals surface area (Å²) in [6, 6.07) is 0. The van der Waals surface area contributed by atoms with E-state index in [1.54, 1.807) is 0 Å². The minimum absolute atomic E-state index is 0.203. The van der Waals surface area contributed by atoms with Crippen LogP contribution in [0.15, 0.2) is 75.9 Å². The molecule has 0 atom stereocenters. The van der Waals surface area contributed by atoms with Crippen molar-refractivity contribution in [3.05, 3.63) is 75.9 Å². The molecule has 0 heterocycles. The predicted molar refractivity (Wildman–Crippen MR) is 117 cm³/mol. The van der Waals surface area contributed by atoms with Crippen molar-refractivity contribution >= 4 is 10.4 Å². The minimum atomic E-state index is -4.67. The second-order valence-corrected chi connectivity index (χ2v) is 7.03. The summed E-state index contributed by atoms with van der Waals surface area (Å²) in [5, 5.41) is 0. The van der Waals surface area contributed by atoms with E-state index in [2.05, 4.69) is 39.5 Å². The van der Waals surface area contributed by atoms with Crippen molar-refractivity contribution in [3.63, 3.8) is 0 Å². The first kappa shape index (κ1) is 30.0. The number of hydrogen-bond donors (Lipinski definition) is 4. The van der Waals surface area contributed by atoms with Crippen LogP contribution in [0, 0.1) is 0 Å². The van der Waals surface area contributed by atoms with E-state index in [4.69, 9.17) is 29.0 Å². The van der Waals surface area contributed by atoms with Gasteiger partial charge in [-0.1, -0.05) is 36.5 Å². The molecule has 6 nitrogen and oxygen atoms in total. The lowest BCUT2D eigenvalue weighted by molar-refractivity contribution is 0.381. The largest absolute Gasteiger partial charge is 0.394 e. The second-order valence-electron chi connectivity index (χ2n) is 6.13. The topological polar surface area (TPSA) is 127 Å². The Bertz CT molecular complexity index is 471. The van der Waals surface area contributed by atoms with Gasteiger partial charge < -0.3 is 11.5 Å². The highest BCUT2D eigenvalue weighted by Gasteiger charge is 2.19. The highest BCUT2D eigenvalue weighted by Crippen LogP contribution is 2.18. The maximum absolute atomic E-state index is 8.74. The van der Waals surface area contributed by atoms with Crippen LogP contribution in [0.2, 0.25) is 0 Å². The summed E-state index contributed by atoms with van der Waals surface area (Å²) < 4.78 is 31.6. The van der Waals surface area contributed by atoms with Crippen LogP contribution in [0.1, 0.15) is 38.5 Å². The van der Waals surface area contributed by atoms with Crippen molar-refractivity contribution in [2.45, 2.75) is 49.6 Å². The maximum atomic E-state index is 8.74. The van der Waals surface area contributed by atoms with Gasteiger partial charge in [0.25, 0.3) is 0 Å². The van der Waals surface area contributed by atoms with E-state index in [9.17, 15) is 0 Å². The monoisotopic (exact) mass is 400 g/mol. The lowest BCUT2D eigenvalue weighted by atomic mass is 9.89. The first-order chi connectivity index (χ1) is 12.4. The van der Waals surface area contributed by atoms with Crippen LogP contribution in [0.4, 0.5) is 0 Å². The van der Waals surface area contributed by atoms with E-state index in [-0.39, 0.29) is 11.1 Å². The number of nitrogens with two attached hydrogens (primary N) is 2. The molecule has 0 saturated heterocycles. The number of rotatable bonds is 12. The van der Waals surface area contributed by atoms with Gasteiger partial charge in [-0.2, -0.15) is 8.42 Å². The molecule has 0 saturated carbocycles. The molecule has 0 radical (unpaired) electrons. The molecule has 7 heteroatoms. The molecule has 0 spiro atoms. The Morgan fingerprint density at radius 1 is 0.593 bits per heavy atom. The van der Waals surface area contributed by atoms with E-state index in [0.29, 0.717) is 0 Å². The van der Waals surface area contributed by atoms with Gasteiger partial charge in [-0.15, -0.1) is 39.5 Å². The third-order valence-corrected chi connectivity index (χ3v) is 3.31. The molecule has 0 rings (SSSR count). The summed E-state index contributed by atoms with van der Waals surface area (Å²) in [4.78, 5) is 0. The van der Waals surface area contributed by atoms with Gasteiger partial charge in [0.1, 0.15) is 0 Å². The fraction of sp³-hybridized carbons (Fsp3) is 0.400. The summed E-state index contributed by atoms with van der Waals surface area (Å²) in [6.45, 7) is 22.0. The van der Waals surface area contributed by atoms with Gasteiger partial charge in [0.05, 0.1) is 0 Å². The van der Waals surface area contributed by atoms with Crippen molar-refractivity contribution in [2.75, 3.05) is 0 Å². The van der Waals surface area contributed by atoms with Crippen LogP contribution in [0.5, 0.6) is 0 Å². The summed E-state index contributed by atoms with van der Waals surface area (Å²) in [5.74, 6) is 0. The van der Waals surface area contributed by atoms with E-state index < -0.39 is 10.4 Å². The summed E-state index contributed by atoms with van der Waals surface area (Å²) in [5.41, 5.74) is 11.6. The van der Waals surface area contributed by atoms with Crippen LogP contribution in [-0.4, -0.2) is 28.6 Å². The normalized spacial score (nSPS) is 10.8. The predicted octanol–water partition coefficient (Wildman–Crippen LogP) is 4.17. The Hall–Kier alpha value is -1.77. The average Bonchev–Trinajstić information content (AvgIpc) is 2.47. The summed E-state index contributed by atoms with van der Waals surface area (Å²) in [6.07, 6.45) is 15.9. The fourth-order valence-electron chi connectivity index (χ4n) is 2.22. The van der Waals surface area contributed by atoms with Gasteiger partial charge in [-0.25, -0.2) is 0 Å². The van der Waals surface area contributed by atoms with Crippen molar-refractivity contribution in [1.29, 1.82) is 0 Å². The van der Waals surface area contributed by atoms with Crippen molar-refractivity contribution in [2.24, 2.45) is 11.5 Å². The molecular weight excluding hydrogens is 364 g/mol. The zero-order chi connectivity index (χ0) is 22.0. The fourth-order valence-corrected chi connectivity index (χ4v) is 2.22. The van der Waals surface area contributed by atoms with Crippen LogP contribution in [0.3, 0.4) is 0 Å². The Labute approximate surface area is 165 Å². The Kier molecular flexibility index (Phi) is 18.2. The second kappa shape index (κ2) is 16.4. The summed E-state index contributed by atoms with van der Waals surface area (Å²) >= 11 is 0. The van der Waals surface area contributed by atoms with E-state index in [1.165, 1.54) is 0 Å². The Balaban J connectivity index is -0.000000344. The summed E-state index contributed by atoms with van der Waals surface area (Å²) in [7, 11) is -4.67. The maximum Gasteiger partial charge on any atom is 0.394 e. The lowest BCUT2D eigenvalue weighted by Crippen LogP contribution is -2.38.